The Hall–Kier alpha value is -1.80. The first-order chi connectivity index (χ1) is 11.8. The number of sulfonamides is 1. The molecule has 1 N–H and O–H groups in total. The lowest BCUT2D eigenvalue weighted by Gasteiger charge is -2.37. The van der Waals surface area contributed by atoms with Crippen molar-refractivity contribution >= 4 is 15.9 Å². The van der Waals surface area contributed by atoms with Crippen LogP contribution in [-0.4, -0.2) is 57.2 Å². The van der Waals surface area contributed by atoms with Crippen LogP contribution >= 0.6 is 0 Å². The van der Waals surface area contributed by atoms with Crippen molar-refractivity contribution in [3.05, 3.63) is 23.8 Å². The van der Waals surface area contributed by atoms with Crippen molar-refractivity contribution in [3.63, 3.8) is 0 Å². The molecule has 0 aromatic heterocycles. The lowest BCUT2D eigenvalue weighted by Crippen LogP contribution is -2.52. The molecule has 0 saturated carbocycles. The minimum Gasteiger partial charge on any atom is -0.493 e. The number of nitrogens with zero attached hydrogens (tertiary/aromatic N) is 1. The number of methoxy groups -OCH3 is 2. The van der Waals surface area contributed by atoms with E-state index >= 15 is 0 Å². The molecule has 0 aliphatic carbocycles. The Morgan fingerprint density at radius 1 is 1.12 bits per heavy atom. The normalized spacial score (nSPS) is 26.3. The molecule has 2 aliphatic rings. The number of benzene rings is 1. The Bertz CT molecular complexity index is 750. The Labute approximate surface area is 148 Å². The van der Waals surface area contributed by atoms with Gasteiger partial charge in [-0.1, -0.05) is 0 Å². The van der Waals surface area contributed by atoms with Crippen molar-refractivity contribution in [2.45, 2.75) is 43.8 Å². The average molecular weight is 368 g/mol. The third-order valence-corrected chi connectivity index (χ3v) is 6.39. The van der Waals surface area contributed by atoms with Crippen molar-refractivity contribution < 1.29 is 22.7 Å². The summed E-state index contributed by atoms with van der Waals surface area (Å²) >= 11 is 0. The van der Waals surface area contributed by atoms with Gasteiger partial charge in [0.1, 0.15) is 0 Å². The van der Waals surface area contributed by atoms with Gasteiger partial charge in [0.15, 0.2) is 11.5 Å². The molecular weight excluding hydrogens is 344 g/mol. The molecule has 2 unspecified atom stereocenters. The number of carbonyl (C=O) groups is 1. The zero-order valence-corrected chi connectivity index (χ0v) is 15.5. The molecule has 0 radical (unpaired) electrons. The monoisotopic (exact) mass is 368 g/mol. The largest absolute Gasteiger partial charge is 0.493 e. The summed E-state index contributed by atoms with van der Waals surface area (Å²) in [6.07, 6.45) is 4.30. The SMILES string of the molecule is COc1ccc(C(=O)NC2CC3CCC(C2)N3S(C)(=O)=O)cc1OC. The van der Waals surface area contributed by atoms with Crippen LogP contribution in [0.1, 0.15) is 36.0 Å². The molecule has 1 amide bonds. The number of nitrogens with one attached hydrogen (secondary N) is 1. The van der Waals surface area contributed by atoms with E-state index in [1.165, 1.54) is 13.4 Å². The van der Waals surface area contributed by atoms with E-state index in [1.807, 2.05) is 0 Å². The van der Waals surface area contributed by atoms with E-state index in [9.17, 15) is 13.2 Å². The number of hydrogen-bond acceptors (Lipinski definition) is 5. The van der Waals surface area contributed by atoms with E-state index in [4.69, 9.17) is 9.47 Å². The number of ether oxygens (including phenoxy) is 2. The van der Waals surface area contributed by atoms with E-state index in [2.05, 4.69) is 5.32 Å². The fourth-order valence-corrected chi connectivity index (χ4v) is 5.51. The van der Waals surface area contributed by atoms with Gasteiger partial charge in [0.25, 0.3) is 5.91 Å². The predicted molar refractivity (Wildman–Crippen MR) is 93.5 cm³/mol. The van der Waals surface area contributed by atoms with Crippen LogP contribution in [-0.2, 0) is 10.0 Å². The quantitative estimate of drug-likeness (QED) is 0.849. The molecular formula is C17H24N2O5S. The molecule has 3 rings (SSSR count). The van der Waals surface area contributed by atoms with E-state index in [0.29, 0.717) is 29.9 Å². The van der Waals surface area contributed by atoms with Gasteiger partial charge in [-0.15, -0.1) is 0 Å². The number of rotatable bonds is 5. The zero-order chi connectivity index (χ0) is 18.2. The Morgan fingerprint density at radius 2 is 1.72 bits per heavy atom. The second-order valence-electron chi connectivity index (χ2n) is 6.69. The number of fused-ring (bicyclic) bond motifs is 2. The van der Waals surface area contributed by atoms with Crippen LogP contribution < -0.4 is 14.8 Å². The summed E-state index contributed by atoms with van der Waals surface area (Å²) in [6.45, 7) is 0. The van der Waals surface area contributed by atoms with Gasteiger partial charge in [0.2, 0.25) is 10.0 Å². The first kappa shape index (κ1) is 18.0. The molecule has 2 aliphatic heterocycles. The molecule has 2 heterocycles. The Balaban J connectivity index is 1.69. The maximum Gasteiger partial charge on any atom is 0.251 e. The molecule has 1 aromatic carbocycles. The van der Waals surface area contributed by atoms with Gasteiger partial charge in [0.05, 0.1) is 20.5 Å². The van der Waals surface area contributed by atoms with Gasteiger partial charge < -0.3 is 14.8 Å². The van der Waals surface area contributed by atoms with E-state index in [0.717, 1.165) is 12.8 Å². The van der Waals surface area contributed by atoms with Gasteiger partial charge in [-0.2, -0.15) is 4.31 Å². The average Bonchev–Trinajstić information content (AvgIpc) is 2.86. The molecule has 0 spiro atoms. The Kier molecular flexibility index (Phi) is 4.92. The van der Waals surface area contributed by atoms with Crippen LogP contribution in [0.15, 0.2) is 18.2 Å². The predicted octanol–water partition coefficient (Wildman–Crippen LogP) is 1.39. The molecule has 2 saturated heterocycles. The molecule has 25 heavy (non-hydrogen) atoms. The molecule has 7 nitrogen and oxygen atoms in total. The topological polar surface area (TPSA) is 84.9 Å². The molecule has 138 valence electrons. The summed E-state index contributed by atoms with van der Waals surface area (Å²) in [5.41, 5.74) is 0.496. The highest BCUT2D eigenvalue weighted by Crippen LogP contribution is 2.37. The number of piperidine rings is 1. The smallest absolute Gasteiger partial charge is 0.251 e. The lowest BCUT2D eigenvalue weighted by atomic mass is 9.99. The van der Waals surface area contributed by atoms with Crippen LogP contribution in [0.4, 0.5) is 0 Å². The minimum atomic E-state index is -3.19. The van der Waals surface area contributed by atoms with Crippen LogP contribution in [0.25, 0.3) is 0 Å². The first-order valence-corrected chi connectivity index (χ1v) is 10.2. The van der Waals surface area contributed by atoms with E-state index < -0.39 is 10.0 Å². The molecule has 2 bridgehead atoms. The first-order valence-electron chi connectivity index (χ1n) is 8.35. The second kappa shape index (κ2) is 6.84. The third-order valence-electron chi connectivity index (χ3n) is 5.03. The zero-order valence-electron chi connectivity index (χ0n) is 14.7. The van der Waals surface area contributed by atoms with Crippen molar-refractivity contribution in [3.8, 4) is 11.5 Å². The second-order valence-corrected chi connectivity index (χ2v) is 8.58. The van der Waals surface area contributed by atoms with Crippen molar-refractivity contribution in [1.29, 1.82) is 0 Å². The summed E-state index contributed by atoms with van der Waals surface area (Å²) in [5.74, 6) is 0.888. The van der Waals surface area contributed by atoms with Gasteiger partial charge in [0, 0.05) is 23.7 Å². The highest BCUT2D eigenvalue weighted by Gasteiger charge is 2.45. The lowest BCUT2D eigenvalue weighted by molar-refractivity contribution is 0.0909. The van der Waals surface area contributed by atoms with Crippen molar-refractivity contribution in [2.24, 2.45) is 0 Å². The van der Waals surface area contributed by atoms with E-state index in [1.54, 1.807) is 29.6 Å². The summed E-state index contributed by atoms with van der Waals surface area (Å²) in [7, 11) is -0.122. The summed E-state index contributed by atoms with van der Waals surface area (Å²) in [6, 6.07) is 5.00. The van der Waals surface area contributed by atoms with Gasteiger partial charge >= 0.3 is 0 Å². The van der Waals surface area contributed by atoms with Crippen molar-refractivity contribution in [2.75, 3.05) is 20.5 Å². The summed E-state index contributed by atoms with van der Waals surface area (Å²) in [5, 5.41) is 3.04. The van der Waals surface area contributed by atoms with Gasteiger partial charge in [-0.25, -0.2) is 8.42 Å². The molecule has 2 atom stereocenters. The standard InChI is InChI=1S/C17H24N2O5S/c1-23-15-7-4-11(8-16(15)24-2)17(20)18-12-9-13-5-6-14(10-12)19(13)25(3,21)22/h4,7-8,12-14H,5-6,9-10H2,1-3H3,(H,18,20). The van der Waals surface area contributed by atoms with Crippen LogP contribution in [0.3, 0.4) is 0 Å². The highest BCUT2D eigenvalue weighted by atomic mass is 32.2. The number of hydrogen-bond donors (Lipinski definition) is 1. The summed E-state index contributed by atoms with van der Waals surface area (Å²) in [4.78, 5) is 12.6. The Morgan fingerprint density at radius 3 is 2.24 bits per heavy atom. The molecule has 2 fully saturated rings. The van der Waals surface area contributed by atoms with Gasteiger partial charge in [-0.05, 0) is 43.9 Å². The maximum atomic E-state index is 12.6. The minimum absolute atomic E-state index is 0.00977. The maximum absolute atomic E-state index is 12.6. The van der Waals surface area contributed by atoms with Crippen molar-refractivity contribution in [1.82, 2.24) is 9.62 Å². The fraction of sp³-hybridized carbons (Fsp3) is 0.588. The third kappa shape index (κ3) is 3.59. The van der Waals surface area contributed by atoms with Crippen LogP contribution in [0, 0.1) is 0 Å². The fourth-order valence-electron chi connectivity index (χ4n) is 4.04. The van der Waals surface area contributed by atoms with Crippen LogP contribution in [0.5, 0.6) is 11.5 Å². The number of carbonyl (C=O) groups excluding carboxylic acids is 1. The van der Waals surface area contributed by atoms with Crippen LogP contribution in [0.2, 0.25) is 0 Å². The molecule has 1 aromatic rings. The van der Waals surface area contributed by atoms with E-state index in [-0.39, 0.29) is 24.0 Å². The molecule has 8 heteroatoms. The van der Waals surface area contributed by atoms with Gasteiger partial charge in [-0.3, -0.25) is 4.79 Å². The highest BCUT2D eigenvalue weighted by molar-refractivity contribution is 7.88. The summed E-state index contributed by atoms with van der Waals surface area (Å²) < 4.78 is 35.9. The number of amides is 1.